The van der Waals surface area contributed by atoms with Gasteiger partial charge < -0.3 is 24.1 Å². The van der Waals surface area contributed by atoms with Crippen molar-refractivity contribution in [2.45, 2.75) is 39.3 Å². The number of ether oxygens (including phenoxy) is 3. The van der Waals surface area contributed by atoms with Crippen LogP contribution in [0.5, 0.6) is 11.5 Å². The molecule has 1 fully saturated rings. The van der Waals surface area contributed by atoms with E-state index in [2.05, 4.69) is 5.32 Å². The molecule has 152 valence electrons. The summed E-state index contributed by atoms with van der Waals surface area (Å²) in [5, 5.41) is 3.93. The zero-order chi connectivity index (χ0) is 20.3. The smallest absolute Gasteiger partial charge is 0.258 e. The Morgan fingerprint density at radius 1 is 1.25 bits per heavy atom. The molecule has 0 bridgehead atoms. The Kier molecular flexibility index (Phi) is 6.24. The molecule has 0 aliphatic carbocycles. The lowest BCUT2D eigenvalue weighted by atomic mass is 10.0. The summed E-state index contributed by atoms with van der Waals surface area (Å²) in [7, 11) is 3.05. The average molecular weight is 388 g/mol. The highest BCUT2D eigenvalue weighted by Crippen LogP contribution is 2.32. The summed E-state index contributed by atoms with van der Waals surface area (Å²) in [6.45, 7) is 5.77. The van der Waals surface area contributed by atoms with Gasteiger partial charge in [0.2, 0.25) is 0 Å². The minimum absolute atomic E-state index is 0.0476. The van der Waals surface area contributed by atoms with E-state index in [9.17, 15) is 9.59 Å². The number of rotatable bonds is 7. The molecular formula is C21H28N2O5. The van der Waals surface area contributed by atoms with E-state index in [0.29, 0.717) is 40.9 Å². The number of nitrogens with zero attached hydrogens (tertiary/aromatic N) is 1. The maximum Gasteiger partial charge on any atom is 0.258 e. The first-order chi connectivity index (χ1) is 13.4. The van der Waals surface area contributed by atoms with Gasteiger partial charge in [-0.2, -0.15) is 0 Å². The van der Waals surface area contributed by atoms with E-state index in [1.165, 1.54) is 14.2 Å². The Balaban J connectivity index is 2.08. The van der Waals surface area contributed by atoms with Gasteiger partial charge in [-0.05, 0) is 30.9 Å². The van der Waals surface area contributed by atoms with Crippen LogP contribution in [0.3, 0.4) is 0 Å². The standard InChI is InChI=1S/C21H28N2O5/c1-13(2)11-23-12-17(20(24)22-10-14-6-5-7-28-14)15-8-18(26-3)19(27-4)9-16(15)21(23)25/h8-9,12-14H,5-7,10-11H2,1-4H3,(H,22,24)/t14-/m0/s1. The molecule has 3 rings (SSSR count). The zero-order valence-corrected chi connectivity index (χ0v) is 16.9. The third kappa shape index (κ3) is 4.14. The van der Waals surface area contributed by atoms with Crippen molar-refractivity contribution in [2.24, 2.45) is 5.92 Å². The SMILES string of the molecule is COc1cc2c(C(=O)NC[C@@H]3CCCO3)cn(CC(C)C)c(=O)c2cc1OC. The number of carbonyl (C=O) groups is 1. The summed E-state index contributed by atoms with van der Waals surface area (Å²) in [5.41, 5.74) is 0.287. The van der Waals surface area contributed by atoms with Crippen molar-refractivity contribution in [1.29, 1.82) is 0 Å². The van der Waals surface area contributed by atoms with Crippen molar-refractivity contribution in [3.05, 3.63) is 34.2 Å². The molecule has 0 radical (unpaired) electrons. The lowest BCUT2D eigenvalue weighted by molar-refractivity contribution is 0.0858. The van der Waals surface area contributed by atoms with Gasteiger partial charge in [0.05, 0.1) is 31.3 Å². The maximum atomic E-state index is 13.0. The number of benzene rings is 1. The van der Waals surface area contributed by atoms with E-state index in [4.69, 9.17) is 14.2 Å². The van der Waals surface area contributed by atoms with Gasteiger partial charge in [-0.1, -0.05) is 13.8 Å². The number of hydrogen-bond donors (Lipinski definition) is 1. The zero-order valence-electron chi connectivity index (χ0n) is 16.9. The lowest BCUT2D eigenvalue weighted by Gasteiger charge is -2.17. The summed E-state index contributed by atoms with van der Waals surface area (Å²) in [6, 6.07) is 3.33. The summed E-state index contributed by atoms with van der Waals surface area (Å²) in [4.78, 5) is 26.0. The summed E-state index contributed by atoms with van der Waals surface area (Å²) in [6.07, 6.45) is 3.64. The molecule has 0 saturated carbocycles. The number of methoxy groups -OCH3 is 2. The Hall–Kier alpha value is -2.54. The molecule has 7 nitrogen and oxygen atoms in total. The third-order valence-corrected chi connectivity index (χ3v) is 4.91. The van der Waals surface area contributed by atoms with E-state index >= 15 is 0 Å². The fourth-order valence-electron chi connectivity index (χ4n) is 3.53. The number of pyridine rings is 1. The van der Waals surface area contributed by atoms with Gasteiger partial charge in [-0.15, -0.1) is 0 Å². The Labute approximate surface area is 164 Å². The van der Waals surface area contributed by atoms with Crippen LogP contribution < -0.4 is 20.3 Å². The van der Waals surface area contributed by atoms with E-state index in [0.717, 1.165) is 19.4 Å². The van der Waals surface area contributed by atoms with Crippen molar-refractivity contribution in [1.82, 2.24) is 9.88 Å². The molecular weight excluding hydrogens is 360 g/mol. The lowest BCUT2D eigenvalue weighted by Crippen LogP contribution is -2.33. The van der Waals surface area contributed by atoms with Gasteiger partial charge in [0.25, 0.3) is 11.5 Å². The van der Waals surface area contributed by atoms with E-state index in [1.54, 1.807) is 22.9 Å². The molecule has 1 atom stereocenters. The normalized spacial score (nSPS) is 16.5. The van der Waals surface area contributed by atoms with Crippen LogP contribution in [0.2, 0.25) is 0 Å². The van der Waals surface area contributed by atoms with Crippen LogP contribution >= 0.6 is 0 Å². The fourth-order valence-corrected chi connectivity index (χ4v) is 3.53. The molecule has 1 aromatic carbocycles. The largest absolute Gasteiger partial charge is 0.493 e. The monoisotopic (exact) mass is 388 g/mol. The van der Waals surface area contributed by atoms with Crippen LogP contribution in [-0.2, 0) is 11.3 Å². The molecule has 7 heteroatoms. The van der Waals surface area contributed by atoms with Gasteiger partial charge in [0.15, 0.2) is 11.5 Å². The van der Waals surface area contributed by atoms with Crippen LogP contribution in [0.1, 0.15) is 37.0 Å². The fraction of sp³-hybridized carbons (Fsp3) is 0.524. The number of aromatic nitrogens is 1. The predicted molar refractivity (Wildman–Crippen MR) is 107 cm³/mol. The molecule has 28 heavy (non-hydrogen) atoms. The molecule has 1 amide bonds. The quantitative estimate of drug-likeness (QED) is 0.789. The number of amides is 1. The summed E-state index contributed by atoms with van der Waals surface area (Å²) >= 11 is 0. The van der Waals surface area contributed by atoms with Crippen LogP contribution in [0.15, 0.2) is 23.1 Å². The predicted octanol–water partition coefficient (Wildman–Crippen LogP) is 2.58. The van der Waals surface area contributed by atoms with Crippen molar-refractivity contribution in [3.8, 4) is 11.5 Å². The van der Waals surface area contributed by atoms with Crippen LogP contribution in [0, 0.1) is 5.92 Å². The first-order valence-corrected chi connectivity index (χ1v) is 9.63. The first kappa shape index (κ1) is 20.2. The highest BCUT2D eigenvalue weighted by molar-refractivity contribution is 6.07. The van der Waals surface area contributed by atoms with Crippen molar-refractivity contribution in [2.75, 3.05) is 27.4 Å². The van der Waals surface area contributed by atoms with Crippen LogP contribution in [-0.4, -0.2) is 43.9 Å². The molecule has 1 N–H and O–H groups in total. The molecule has 2 aromatic rings. The van der Waals surface area contributed by atoms with E-state index in [-0.39, 0.29) is 23.5 Å². The Bertz CT molecular complexity index is 913. The highest BCUT2D eigenvalue weighted by Gasteiger charge is 2.21. The molecule has 1 aromatic heterocycles. The second-order valence-electron chi connectivity index (χ2n) is 7.49. The molecule has 1 aliphatic heterocycles. The van der Waals surface area contributed by atoms with E-state index < -0.39 is 0 Å². The van der Waals surface area contributed by atoms with Gasteiger partial charge in [0.1, 0.15) is 0 Å². The Morgan fingerprint density at radius 2 is 1.93 bits per heavy atom. The van der Waals surface area contributed by atoms with Gasteiger partial charge >= 0.3 is 0 Å². The van der Waals surface area contributed by atoms with Gasteiger partial charge in [0, 0.05) is 31.3 Å². The number of hydrogen-bond acceptors (Lipinski definition) is 5. The van der Waals surface area contributed by atoms with Crippen molar-refractivity contribution >= 4 is 16.7 Å². The van der Waals surface area contributed by atoms with Gasteiger partial charge in [-0.3, -0.25) is 9.59 Å². The van der Waals surface area contributed by atoms with Gasteiger partial charge in [-0.25, -0.2) is 0 Å². The van der Waals surface area contributed by atoms with Crippen LogP contribution in [0.4, 0.5) is 0 Å². The maximum absolute atomic E-state index is 13.0. The Morgan fingerprint density at radius 3 is 2.50 bits per heavy atom. The number of fused-ring (bicyclic) bond motifs is 1. The highest BCUT2D eigenvalue weighted by atomic mass is 16.5. The molecule has 1 aliphatic rings. The second-order valence-corrected chi connectivity index (χ2v) is 7.49. The molecule has 0 unspecified atom stereocenters. The minimum Gasteiger partial charge on any atom is -0.493 e. The topological polar surface area (TPSA) is 78.8 Å². The number of carbonyl (C=O) groups excluding carboxylic acids is 1. The summed E-state index contributed by atoms with van der Waals surface area (Å²) in [5.74, 6) is 0.965. The second kappa shape index (κ2) is 8.65. The first-order valence-electron chi connectivity index (χ1n) is 9.63. The summed E-state index contributed by atoms with van der Waals surface area (Å²) < 4.78 is 17.9. The average Bonchev–Trinajstić information content (AvgIpc) is 3.20. The minimum atomic E-state index is -0.231. The van der Waals surface area contributed by atoms with E-state index in [1.807, 2.05) is 13.8 Å². The third-order valence-electron chi connectivity index (χ3n) is 4.91. The molecule has 2 heterocycles. The van der Waals surface area contributed by atoms with Crippen molar-refractivity contribution in [3.63, 3.8) is 0 Å². The van der Waals surface area contributed by atoms with Crippen LogP contribution in [0.25, 0.3) is 10.8 Å². The molecule has 1 saturated heterocycles. The number of nitrogens with one attached hydrogen (secondary N) is 1. The van der Waals surface area contributed by atoms with Crippen molar-refractivity contribution < 1.29 is 19.0 Å². The molecule has 0 spiro atoms.